The highest BCUT2D eigenvalue weighted by molar-refractivity contribution is 5.49. The van der Waals surface area contributed by atoms with Crippen molar-refractivity contribution >= 4 is 5.69 Å². The third-order valence-electron chi connectivity index (χ3n) is 3.37. The number of anilines is 1. The molecule has 0 saturated heterocycles. The Morgan fingerprint density at radius 1 is 1.18 bits per heavy atom. The lowest BCUT2D eigenvalue weighted by atomic mass is 10.1. The first-order valence-corrected chi connectivity index (χ1v) is 6.49. The van der Waals surface area contributed by atoms with E-state index in [1.807, 2.05) is 0 Å². The van der Waals surface area contributed by atoms with Gasteiger partial charge in [-0.15, -0.1) is 0 Å². The van der Waals surface area contributed by atoms with Gasteiger partial charge in [-0.25, -0.2) is 0 Å². The lowest BCUT2D eigenvalue weighted by Crippen LogP contribution is -2.28. The number of nitrogens with one attached hydrogen (secondary N) is 1. The van der Waals surface area contributed by atoms with E-state index in [1.54, 1.807) is 0 Å². The number of ether oxygens (including phenoxy) is 1. The van der Waals surface area contributed by atoms with Crippen molar-refractivity contribution in [3.05, 3.63) is 29.3 Å². The molecule has 17 heavy (non-hydrogen) atoms. The van der Waals surface area contributed by atoms with Gasteiger partial charge in [-0.2, -0.15) is 0 Å². The molecule has 0 aliphatic carbocycles. The second kappa shape index (κ2) is 6.03. The number of rotatable bonds is 6. The summed E-state index contributed by atoms with van der Waals surface area (Å²) in [6.45, 7) is 10.3. The maximum absolute atomic E-state index is 5.41. The molecule has 0 unspecified atom stereocenters. The number of hydrogen-bond donors (Lipinski definition) is 1. The van der Waals surface area contributed by atoms with E-state index >= 15 is 0 Å². The summed E-state index contributed by atoms with van der Waals surface area (Å²) in [4.78, 5) is 2.42. The lowest BCUT2D eigenvalue weighted by molar-refractivity contribution is 0.134. The predicted molar refractivity (Wildman–Crippen MR) is 71.2 cm³/mol. The van der Waals surface area contributed by atoms with Gasteiger partial charge in [0.1, 0.15) is 0 Å². The molecular weight excluding hydrogens is 212 g/mol. The first-order chi connectivity index (χ1) is 8.33. The average molecular weight is 234 g/mol. The van der Waals surface area contributed by atoms with Crippen molar-refractivity contribution in [2.75, 3.05) is 31.5 Å². The summed E-state index contributed by atoms with van der Waals surface area (Å²) in [6.07, 6.45) is 0. The Morgan fingerprint density at radius 2 is 1.94 bits per heavy atom. The van der Waals surface area contributed by atoms with E-state index in [2.05, 4.69) is 42.3 Å². The quantitative estimate of drug-likeness (QED) is 0.818. The largest absolute Gasteiger partial charge is 0.384 e. The van der Waals surface area contributed by atoms with Gasteiger partial charge in [0.2, 0.25) is 0 Å². The molecule has 1 aliphatic heterocycles. The van der Waals surface area contributed by atoms with Gasteiger partial charge in [-0.1, -0.05) is 19.9 Å². The Bertz CT molecular complexity index is 361. The molecular formula is C14H22N2O. The Labute approximate surface area is 104 Å². The highest BCUT2D eigenvalue weighted by Crippen LogP contribution is 2.22. The van der Waals surface area contributed by atoms with Crippen LogP contribution in [0.4, 0.5) is 5.69 Å². The predicted octanol–water partition coefficient (Wildman–Crippen LogP) is 2.47. The molecule has 1 aliphatic rings. The fourth-order valence-electron chi connectivity index (χ4n) is 2.18. The number of likely N-dealkylation sites (N-methyl/N-ethyl adjacent to an activating group) is 1. The van der Waals surface area contributed by atoms with Crippen LogP contribution < -0.4 is 5.32 Å². The normalized spacial score (nSPS) is 14.1. The number of hydrogen-bond acceptors (Lipinski definition) is 3. The smallest absolute Gasteiger partial charge is 0.0725 e. The standard InChI is InChI=1S/C14H22N2O/c1-3-16(4-2)8-7-15-14-6-5-12-10-17-11-13(12)9-14/h5-6,9,15H,3-4,7-8,10-11H2,1-2H3. The molecule has 1 aromatic rings. The highest BCUT2D eigenvalue weighted by Gasteiger charge is 2.10. The molecule has 0 spiro atoms. The van der Waals surface area contributed by atoms with E-state index < -0.39 is 0 Å². The Morgan fingerprint density at radius 3 is 2.71 bits per heavy atom. The van der Waals surface area contributed by atoms with Crippen LogP contribution in [0.2, 0.25) is 0 Å². The van der Waals surface area contributed by atoms with Crippen molar-refractivity contribution in [2.24, 2.45) is 0 Å². The number of fused-ring (bicyclic) bond motifs is 1. The first-order valence-electron chi connectivity index (χ1n) is 6.49. The van der Waals surface area contributed by atoms with Crippen LogP contribution in [0.5, 0.6) is 0 Å². The number of benzene rings is 1. The molecule has 1 N–H and O–H groups in total. The highest BCUT2D eigenvalue weighted by atomic mass is 16.5. The molecule has 0 bridgehead atoms. The van der Waals surface area contributed by atoms with Crippen molar-refractivity contribution in [3.8, 4) is 0 Å². The van der Waals surface area contributed by atoms with E-state index in [1.165, 1.54) is 16.8 Å². The zero-order valence-electron chi connectivity index (χ0n) is 10.8. The topological polar surface area (TPSA) is 24.5 Å². The Balaban J connectivity index is 1.83. The fraction of sp³-hybridized carbons (Fsp3) is 0.571. The summed E-state index contributed by atoms with van der Waals surface area (Å²) in [6, 6.07) is 6.53. The minimum Gasteiger partial charge on any atom is -0.384 e. The van der Waals surface area contributed by atoms with Crippen LogP contribution in [-0.2, 0) is 18.0 Å². The van der Waals surface area contributed by atoms with E-state index in [-0.39, 0.29) is 0 Å². The van der Waals surface area contributed by atoms with Gasteiger partial charge in [0, 0.05) is 18.8 Å². The maximum atomic E-state index is 5.41. The van der Waals surface area contributed by atoms with Gasteiger partial charge in [0.25, 0.3) is 0 Å². The monoisotopic (exact) mass is 234 g/mol. The third-order valence-corrected chi connectivity index (χ3v) is 3.37. The van der Waals surface area contributed by atoms with Crippen LogP contribution in [0.1, 0.15) is 25.0 Å². The van der Waals surface area contributed by atoms with Crippen LogP contribution in [0.3, 0.4) is 0 Å². The van der Waals surface area contributed by atoms with Gasteiger partial charge >= 0.3 is 0 Å². The molecule has 0 saturated carbocycles. The van der Waals surface area contributed by atoms with Crippen molar-refractivity contribution < 1.29 is 4.74 Å². The minimum atomic E-state index is 0.765. The SMILES string of the molecule is CCN(CC)CCNc1ccc2c(c1)COC2. The zero-order chi connectivity index (χ0) is 12.1. The lowest BCUT2D eigenvalue weighted by Gasteiger charge is -2.18. The van der Waals surface area contributed by atoms with E-state index in [9.17, 15) is 0 Å². The summed E-state index contributed by atoms with van der Waals surface area (Å²) in [5.74, 6) is 0. The third kappa shape index (κ3) is 3.20. The zero-order valence-corrected chi connectivity index (χ0v) is 10.8. The van der Waals surface area contributed by atoms with Gasteiger partial charge in [-0.3, -0.25) is 0 Å². The van der Waals surface area contributed by atoms with Crippen molar-refractivity contribution in [2.45, 2.75) is 27.1 Å². The summed E-state index contributed by atoms with van der Waals surface area (Å²) in [5, 5.41) is 3.48. The first kappa shape index (κ1) is 12.4. The summed E-state index contributed by atoms with van der Waals surface area (Å²) >= 11 is 0. The van der Waals surface area contributed by atoms with Gasteiger partial charge < -0.3 is 15.0 Å². The average Bonchev–Trinajstić information content (AvgIpc) is 2.82. The molecule has 1 aromatic carbocycles. The van der Waals surface area contributed by atoms with Crippen LogP contribution in [-0.4, -0.2) is 31.1 Å². The number of nitrogens with zero attached hydrogens (tertiary/aromatic N) is 1. The van der Waals surface area contributed by atoms with Crippen LogP contribution >= 0.6 is 0 Å². The summed E-state index contributed by atoms with van der Waals surface area (Å²) in [7, 11) is 0. The molecule has 0 radical (unpaired) electrons. The second-order valence-electron chi connectivity index (χ2n) is 4.43. The molecule has 0 amide bonds. The van der Waals surface area contributed by atoms with Gasteiger partial charge in [0.05, 0.1) is 13.2 Å². The van der Waals surface area contributed by atoms with Crippen molar-refractivity contribution in [3.63, 3.8) is 0 Å². The van der Waals surface area contributed by atoms with Gasteiger partial charge in [0.15, 0.2) is 0 Å². The summed E-state index contributed by atoms with van der Waals surface area (Å²) in [5.41, 5.74) is 3.87. The molecule has 3 heteroatoms. The summed E-state index contributed by atoms with van der Waals surface area (Å²) < 4.78 is 5.41. The molecule has 3 nitrogen and oxygen atoms in total. The molecule has 0 atom stereocenters. The van der Waals surface area contributed by atoms with Gasteiger partial charge in [-0.05, 0) is 36.3 Å². The minimum absolute atomic E-state index is 0.765. The van der Waals surface area contributed by atoms with Crippen LogP contribution in [0.25, 0.3) is 0 Å². The Hall–Kier alpha value is -1.06. The molecule has 94 valence electrons. The molecule has 0 aromatic heterocycles. The van der Waals surface area contributed by atoms with E-state index in [0.717, 1.165) is 39.4 Å². The maximum Gasteiger partial charge on any atom is 0.0725 e. The van der Waals surface area contributed by atoms with Crippen LogP contribution in [0, 0.1) is 0 Å². The Kier molecular flexibility index (Phi) is 4.40. The fourth-order valence-corrected chi connectivity index (χ4v) is 2.18. The van der Waals surface area contributed by atoms with E-state index in [0.29, 0.717) is 0 Å². The van der Waals surface area contributed by atoms with E-state index in [4.69, 9.17) is 4.74 Å². The van der Waals surface area contributed by atoms with Crippen molar-refractivity contribution in [1.82, 2.24) is 4.90 Å². The molecule has 2 rings (SSSR count). The van der Waals surface area contributed by atoms with Crippen LogP contribution in [0.15, 0.2) is 18.2 Å². The molecule has 1 heterocycles. The molecule has 0 fully saturated rings. The second-order valence-corrected chi connectivity index (χ2v) is 4.43. The van der Waals surface area contributed by atoms with Crippen molar-refractivity contribution in [1.29, 1.82) is 0 Å².